The van der Waals surface area contributed by atoms with E-state index in [4.69, 9.17) is 29.9 Å². The van der Waals surface area contributed by atoms with Crippen molar-refractivity contribution >= 4 is 87.0 Å². The largest absolute Gasteiger partial charge is 2.00 e. The Hall–Kier alpha value is -8.85. The first-order chi connectivity index (χ1) is 35.2. The molecule has 73 heavy (non-hydrogen) atoms. The average molecular weight is 1130 g/mol. The molecule has 10 aromatic carbocycles. The van der Waals surface area contributed by atoms with Crippen molar-refractivity contribution in [3.63, 3.8) is 0 Å². The molecule has 346 valence electrons. The number of fused-ring (bicyclic) bond motifs is 24. The minimum Gasteiger partial charge on any atom is -0.435 e. The molecule has 0 atom stereocenters. The van der Waals surface area contributed by atoms with E-state index in [1.54, 1.807) is 0 Å². The molecule has 0 saturated carbocycles. The molecule has 13 aromatic rings. The second kappa shape index (κ2) is 16.1. The van der Waals surface area contributed by atoms with Gasteiger partial charge in [-0.1, -0.05) is 97.1 Å². The Balaban J connectivity index is 0.00000493. The van der Waals surface area contributed by atoms with Crippen LogP contribution in [0.1, 0.15) is 0 Å². The topological polar surface area (TPSA) is 79.8 Å². The molecule has 2 aliphatic rings. The Kier molecular flexibility index (Phi) is 9.47. The molecule has 0 aliphatic carbocycles. The molecule has 0 unspecified atom stereocenters. The van der Waals surface area contributed by atoms with Crippen LogP contribution < -0.4 is 9.97 Å². The van der Waals surface area contributed by atoms with Gasteiger partial charge in [0.15, 0.2) is 0 Å². The average Bonchev–Trinajstić information content (AvgIpc) is 4.11. The van der Waals surface area contributed by atoms with Crippen molar-refractivity contribution in [2.75, 3.05) is 0 Å². The van der Waals surface area contributed by atoms with Gasteiger partial charge in [0.25, 0.3) is 0 Å². The molecular formula is C62H30F4N6Pt. The third-order valence-electron chi connectivity index (χ3n) is 14.1. The fraction of sp³-hybridized carbons (Fsp3) is 0. The van der Waals surface area contributed by atoms with E-state index in [0.717, 1.165) is 66.3 Å². The molecule has 8 bridgehead atoms. The van der Waals surface area contributed by atoms with Crippen molar-refractivity contribution < 1.29 is 38.6 Å². The molecule has 0 amide bonds. The van der Waals surface area contributed by atoms with Gasteiger partial charge < -0.3 is 19.9 Å². The van der Waals surface area contributed by atoms with E-state index >= 15 is 17.6 Å². The van der Waals surface area contributed by atoms with Gasteiger partial charge in [0.2, 0.25) is 0 Å². The van der Waals surface area contributed by atoms with Crippen LogP contribution in [0.15, 0.2) is 182 Å². The number of nitrogens with zero attached hydrogens (tertiary/aromatic N) is 6. The second-order valence-electron chi connectivity index (χ2n) is 18.4. The molecule has 0 fully saturated rings. The van der Waals surface area contributed by atoms with Gasteiger partial charge in [-0.25, -0.2) is 22.5 Å². The van der Waals surface area contributed by atoms with Crippen LogP contribution in [0.4, 0.5) is 17.6 Å². The summed E-state index contributed by atoms with van der Waals surface area (Å²) in [5.74, 6) is -2.50. The fourth-order valence-electron chi connectivity index (χ4n) is 10.9. The third kappa shape index (κ3) is 6.74. The van der Waals surface area contributed by atoms with E-state index in [0.29, 0.717) is 89.2 Å². The Morgan fingerprint density at radius 3 is 0.945 bits per heavy atom. The van der Waals surface area contributed by atoms with Crippen molar-refractivity contribution in [2.45, 2.75) is 0 Å². The smallest absolute Gasteiger partial charge is 0.435 e. The van der Waals surface area contributed by atoms with Crippen LogP contribution in [-0.2, 0) is 21.1 Å². The summed E-state index contributed by atoms with van der Waals surface area (Å²) >= 11 is 0. The van der Waals surface area contributed by atoms with Gasteiger partial charge in [0.05, 0.1) is 23.0 Å². The molecule has 6 nitrogen and oxygen atoms in total. The fourth-order valence-corrected chi connectivity index (χ4v) is 10.9. The molecule has 5 heterocycles. The first-order valence-electron chi connectivity index (χ1n) is 23.3. The van der Waals surface area contributed by atoms with Gasteiger partial charge >= 0.3 is 21.1 Å². The number of aromatic nitrogens is 6. The molecular weight excluding hydrogens is 1100 g/mol. The molecule has 2 aliphatic heterocycles. The molecule has 15 rings (SSSR count). The Morgan fingerprint density at radius 1 is 0.301 bits per heavy atom. The Morgan fingerprint density at radius 2 is 0.603 bits per heavy atom. The summed E-state index contributed by atoms with van der Waals surface area (Å²) in [6.07, 6.45) is 0. The van der Waals surface area contributed by atoms with Crippen LogP contribution in [0, 0.1) is 23.3 Å². The van der Waals surface area contributed by atoms with Crippen molar-refractivity contribution in [2.24, 2.45) is 0 Å². The van der Waals surface area contributed by atoms with Crippen LogP contribution in [0.3, 0.4) is 0 Å². The van der Waals surface area contributed by atoms with Crippen molar-refractivity contribution in [3.05, 3.63) is 205 Å². The van der Waals surface area contributed by atoms with Gasteiger partial charge in [-0.05, 0) is 171 Å². The molecule has 0 saturated heterocycles. The zero-order valence-electron chi connectivity index (χ0n) is 37.8. The molecule has 0 radical (unpaired) electrons. The van der Waals surface area contributed by atoms with E-state index < -0.39 is 23.3 Å². The number of halogens is 4. The van der Waals surface area contributed by atoms with Gasteiger partial charge in [0, 0.05) is 45.5 Å². The van der Waals surface area contributed by atoms with E-state index in [-0.39, 0.29) is 32.2 Å². The maximum absolute atomic E-state index is 15.9. The summed E-state index contributed by atoms with van der Waals surface area (Å²) in [7, 11) is 0. The molecule has 3 aromatic heterocycles. The maximum Gasteiger partial charge on any atom is 2.00 e. The first-order valence-corrected chi connectivity index (χ1v) is 23.3. The third-order valence-corrected chi connectivity index (χ3v) is 14.1. The standard InChI is InChI=1S/C62H30F4N6.Pt/c63-41-17-39(18-42(64)29-41)53-55-45-21-31-9-1-2-10-32(31)22-46(45)56(67-55)54(40-19-43(65)30-44(66)20-40)58-48-24-34-12-4-6-14-36(34)26-50(48)60(69-58)71-62-52-28-38-16-8-7-15-37(38)27-51(52)61(72-62)70-59-49-25-35-13-5-3-11-33(35)23-47(49)57(53)68-59;/h1-30H;/q-2;+2. The molecule has 11 heteroatoms. The number of hydrogen-bond acceptors (Lipinski definition) is 4. The quantitative estimate of drug-likeness (QED) is 0.161. The van der Waals surface area contributed by atoms with Crippen LogP contribution in [0.5, 0.6) is 0 Å². The van der Waals surface area contributed by atoms with E-state index in [1.165, 1.54) is 24.3 Å². The summed E-state index contributed by atoms with van der Waals surface area (Å²) in [6.45, 7) is 0. The monoisotopic (exact) mass is 1130 g/mol. The maximum atomic E-state index is 15.9. The number of hydrogen-bond donors (Lipinski definition) is 0. The van der Waals surface area contributed by atoms with Crippen molar-refractivity contribution in [1.29, 1.82) is 0 Å². The summed E-state index contributed by atoms with van der Waals surface area (Å²) in [5.41, 5.74) is 5.61. The van der Waals surface area contributed by atoms with Crippen molar-refractivity contribution in [3.8, 4) is 67.5 Å². The van der Waals surface area contributed by atoms with Crippen LogP contribution in [0.2, 0.25) is 0 Å². The summed E-state index contributed by atoms with van der Waals surface area (Å²) in [6, 6.07) is 54.6. The van der Waals surface area contributed by atoms with E-state index in [2.05, 4.69) is 0 Å². The van der Waals surface area contributed by atoms with Gasteiger partial charge in [-0.15, -0.1) is 0 Å². The zero-order chi connectivity index (χ0) is 47.9. The number of benzene rings is 10. The second-order valence-corrected chi connectivity index (χ2v) is 18.4. The first kappa shape index (κ1) is 43.0. The van der Waals surface area contributed by atoms with E-state index in [9.17, 15) is 0 Å². The van der Waals surface area contributed by atoms with Crippen LogP contribution in [0.25, 0.3) is 155 Å². The summed E-state index contributed by atoms with van der Waals surface area (Å²) in [5, 5.41) is 9.95. The minimum absolute atomic E-state index is 0. The van der Waals surface area contributed by atoms with Crippen LogP contribution in [-0.4, -0.2) is 19.9 Å². The predicted octanol–water partition coefficient (Wildman–Crippen LogP) is 15.8. The Bertz CT molecular complexity index is 4440. The van der Waals surface area contributed by atoms with E-state index in [1.807, 2.05) is 146 Å². The van der Waals surface area contributed by atoms with Crippen LogP contribution >= 0.6 is 0 Å². The Labute approximate surface area is 426 Å². The molecule has 0 N–H and O–H groups in total. The predicted molar refractivity (Wildman–Crippen MR) is 279 cm³/mol. The summed E-state index contributed by atoms with van der Waals surface area (Å²) in [4.78, 5) is 32.1. The van der Waals surface area contributed by atoms with Gasteiger partial charge in [-0.3, -0.25) is 4.98 Å². The molecule has 0 spiro atoms. The van der Waals surface area contributed by atoms with Gasteiger partial charge in [0.1, 0.15) is 23.3 Å². The zero-order valence-corrected chi connectivity index (χ0v) is 40.1. The van der Waals surface area contributed by atoms with Gasteiger partial charge in [-0.2, -0.15) is 0 Å². The summed E-state index contributed by atoms with van der Waals surface area (Å²) < 4.78 is 63.5. The SMILES string of the molecule is Fc1cc(F)cc(-c2c3nc(c(-c4cc(F)cc(F)c4)c4[n-]c(nc5nc(nc6[n-]c2c2cc7ccccc7cc62)-c2cc6ccccc6cc2-5)c2cc5ccccc5cc42)-c2cc4ccccc4cc2-3)c1.[Pt+2]. The number of rotatable bonds is 2. The minimum atomic E-state index is -0.803. The normalized spacial score (nSPS) is 12.0. The van der Waals surface area contributed by atoms with Crippen molar-refractivity contribution in [1.82, 2.24) is 29.9 Å².